The van der Waals surface area contributed by atoms with Crippen LogP contribution in [0.25, 0.3) is 0 Å². The van der Waals surface area contributed by atoms with Gasteiger partial charge in [0.2, 0.25) is 0 Å². The molecule has 1 N–H and O–H groups in total. The van der Waals surface area contributed by atoms with Crippen molar-refractivity contribution >= 4 is 0 Å². The number of hydrogen-bond acceptors (Lipinski definition) is 2. The third kappa shape index (κ3) is 2.31. The first-order chi connectivity index (χ1) is 5.20. The predicted octanol–water partition coefficient (Wildman–Crippen LogP) is 1.31. The molecule has 1 rings (SSSR count). The summed E-state index contributed by atoms with van der Waals surface area (Å²) in [6.07, 6.45) is 3.99. The van der Waals surface area contributed by atoms with E-state index in [1.165, 1.54) is 5.56 Å². The van der Waals surface area contributed by atoms with Crippen molar-refractivity contribution in [3.8, 4) is 0 Å². The van der Waals surface area contributed by atoms with Gasteiger partial charge in [0, 0.05) is 12.4 Å². The van der Waals surface area contributed by atoms with Crippen molar-refractivity contribution in [2.75, 3.05) is 0 Å². The highest BCUT2D eigenvalue weighted by atomic mass is 16.3. The SMILES string of the molecule is Cc1ccncc1C[C@H](C)O. The Morgan fingerprint density at radius 3 is 2.91 bits per heavy atom. The molecule has 0 saturated carbocycles. The summed E-state index contributed by atoms with van der Waals surface area (Å²) in [7, 11) is 0. The number of hydrogen-bond donors (Lipinski definition) is 1. The number of nitrogens with zero attached hydrogens (tertiary/aromatic N) is 1. The highest BCUT2D eigenvalue weighted by Gasteiger charge is 2.00. The second kappa shape index (κ2) is 3.49. The zero-order valence-electron chi connectivity index (χ0n) is 6.91. The first-order valence-electron chi connectivity index (χ1n) is 3.77. The van der Waals surface area contributed by atoms with Gasteiger partial charge >= 0.3 is 0 Å². The second-order valence-corrected chi connectivity index (χ2v) is 2.86. The summed E-state index contributed by atoms with van der Waals surface area (Å²) in [5, 5.41) is 9.10. The van der Waals surface area contributed by atoms with Crippen LogP contribution in [0, 0.1) is 6.92 Å². The fourth-order valence-electron chi connectivity index (χ4n) is 1.03. The van der Waals surface area contributed by atoms with Crippen molar-refractivity contribution in [3.63, 3.8) is 0 Å². The minimum atomic E-state index is -0.280. The second-order valence-electron chi connectivity index (χ2n) is 2.86. The first-order valence-corrected chi connectivity index (χ1v) is 3.77. The van der Waals surface area contributed by atoms with Gasteiger partial charge in [0.1, 0.15) is 0 Å². The highest BCUT2D eigenvalue weighted by Crippen LogP contribution is 2.07. The molecule has 1 aromatic heterocycles. The van der Waals surface area contributed by atoms with Crippen LogP contribution < -0.4 is 0 Å². The van der Waals surface area contributed by atoms with Crippen molar-refractivity contribution in [2.24, 2.45) is 0 Å². The fourth-order valence-corrected chi connectivity index (χ4v) is 1.03. The maximum atomic E-state index is 9.10. The highest BCUT2D eigenvalue weighted by molar-refractivity contribution is 5.21. The standard InChI is InChI=1S/C9H13NO/c1-7-3-4-10-6-9(7)5-8(2)11/h3-4,6,8,11H,5H2,1-2H3/t8-/m0/s1. The Bertz CT molecular complexity index is 233. The lowest BCUT2D eigenvalue weighted by Gasteiger charge is -2.05. The van der Waals surface area contributed by atoms with E-state index < -0.39 is 0 Å². The summed E-state index contributed by atoms with van der Waals surface area (Å²) in [5.74, 6) is 0. The van der Waals surface area contributed by atoms with Crippen molar-refractivity contribution in [2.45, 2.75) is 26.4 Å². The van der Waals surface area contributed by atoms with Crippen LogP contribution in [0.3, 0.4) is 0 Å². The summed E-state index contributed by atoms with van der Waals surface area (Å²) < 4.78 is 0. The molecule has 0 fully saturated rings. The molecular formula is C9H13NO. The first kappa shape index (κ1) is 8.21. The molecule has 0 saturated heterocycles. The Kier molecular flexibility index (Phi) is 2.60. The average molecular weight is 151 g/mol. The Labute approximate surface area is 66.9 Å². The van der Waals surface area contributed by atoms with Crippen LogP contribution in [-0.4, -0.2) is 16.2 Å². The fraction of sp³-hybridized carbons (Fsp3) is 0.444. The van der Waals surface area contributed by atoms with Crippen LogP contribution in [0.15, 0.2) is 18.5 Å². The Morgan fingerprint density at radius 1 is 1.64 bits per heavy atom. The Morgan fingerprint density at radius 2 is 2.36 bits per heavy atom. The molecular weight excluding hydrogens is 138 g/mol. The lowest BCUT2D eigenvalue weighted by Crippen LogP contribution is -2.05. The van der Waals surface area contributed by atoms with Crippen LogP contribution in [0.1, 0.15) is 18.1 Å². The molecule has 0 aliphatic rings. The van der Waals surface area contributed by atoms with Crippen LogP contribution >= 0.6 is 0 Å². The van der Waals surface area contributed by atoms with Crippen LogP contribution in [0.2, 0.25) is 0 Å². The number of pyridine rings is 1. The quantitative estimate of drug-likeness (QED) is 0.691. The number of aliphatic hydroxyl groups excluding tert-OH is 1. The minimum Gasteiger partial charge on any atom is -0.393 e. The lowest BCUT2D eigenvalue weighted by atomic mass is 10.1. The van der Waals surface area contributed by atoms with E-state index in [2.05, 4.69) is 4.98 Å². The van der Waals surface area contributed by atoms with Gasteiger partial charge < -0.3 is 5.11 Å². The summed E-state index contributed by atoms with van der Waals surface area (Å²) in [5.41, 5.74) is 2.32. The van der Waals surface area contributed by atoms with Gasteiger partial charge in [-0.25, -0.2) is 0 Å². The molecule has 0 aliphatic carbocycles. The molecule has 0 aromatic carbocycles. The lowest BCUT2D eigenvalue weighted by molar-refractivity contribution is 0.195. The summed E-state index contributed by atoms with van der Waals surface area (Å²) in [4.78, 5) is 3.99. The Hall–Kier alpha value is -0.890. The van der Waals surface area contributed by atoms with E-state index in [4.69, 9.17) is 5.11 Å². The van der Waals surface area contributed by atoms with E-state index in [1.807, 2.05) is 19.2 Å². The van der Waals surface area contributed by atoms with Crippen molar-refractivity contribution in [1.82, 2.24) is 4.98 Å². The van der Waals surface area contributed by atoms with Gasteiger partial charge in [-0.2, -0.15) is 0 Å². The van der Waals surface area contributed by atoms with Crippen LogP contribution in [0.4, 0.5) is 0 Å². The molecule has 0 amide bonds. The number of rotatable bonds is 2. The van der Waals surface area contributed by atoms with Gasteiger partial charge in [-0.15, -0.1) is 0 Å². The van der Waals surface area contributed by atoms with Gasteiger partial charge in [0.05, 0.1) is 6.10 Å². The number of aromatic nitrogens is 1. The van der Waals surface area contributed by atoms with Gasteiger partial charge in [0.25, 0.3) is 0 Å². The maximum absolute atomic E-state index is 9.10. The number of aliphatic hydroxyl groups is 1. The van der Waals surface area contributed by atoms with Crippen LogP contribution in [0.5, 0.6) is 0 Å². The van der Waals surface area contributed by atoms with Gasteiger partial charge in [-0.1, -0.05) is 0 Å². The van der Waals surface area contributed by atoms with Crippen LogP contribution in [-0.2, 0) is 6.42 Å². The Balaban J connectivity index is 2.78. The van der Waals surface area contributed by atoms with E-state index in [-0.39, 0.29) is 6.10 Å². The zero-order chi connectivity index (χ0) is 8.27. The van der Waals surface area contributed by atoms with Gasteiger partial charge in [0.15, 0.2) is 0 Å². The zero-order valence-corrected chi connectivity index (χ0v) is 6.91. The molecule has 60 valence electrons. The van der Waals surface area contributed by atoms with Crippen molar-refractivity contribution in [3.05, 3.63) is 29.6 Å². The summed E-state index contributed by atoms with van der Waals surface area (Å²) >= 11 is 0. The topological polar surface area (TPSA) is 33.1 Å². The average Bonchev–Trinajstić information content (AvgIpc) is 1.93. The van der Waals surface area contributed by atoms with E-state index in [0.717, 1.165) is 5.56 Å². The normalized spacial score (nSPS) is 13.0. The number of aryl methyl sites for hydroxylation is 1. The van der Waals surface area contributed by atoms with E-state index >= 15 is 0 Å². The molecule has 11 heavy (non-hydrogen) atoms. The summed E-state index contributed by atoms with van der Waals surface area (Å²) in [6.45, 7) is 3.81. The maximum Gasteiger partial charge on any atom is 0.0553 e. The minimum absolute atomic E-state index is 0.280. The predicted molar refractivity (Wildman–Crippen MR) is 44.4 cm³/mol. The van der Waals surface area contributed by atoms with E-state index in [9.17, 15) is 0 Å². The molecule has 0 unspecified atom stereocenters. The molecule has 0 bridgehead atoms. The molecule has 1 heterocycles. The third-order valence-corrected chi connectivity index (χ3v) is 1.66. The monoisotopic (exact) mass is 151 g/mol. The van der Waals surface area contributed by atoms with Crippen molar-refractivity contribution in [1.29, 1.82) is 0 Å². The molecule has 0 aliphatic heterocycles. The molecule has 2 nitrogen and oxygen atoms in total. The van der Waals surface area contributed by atoms with E-state index in [0.29, 0.717) is 6.42 Å². The molecule has 0 spiro atoms. The molecule has 2 heteroatoms. The van der Waals surface area contributed by atoms with Crippen molar-refractivity contribution < 1.29 is 5.11 Å². The van der Waals surface area contributed by atoms with Gasteiger partial charge in [-0.3, -0.25) is 4.98 Å². The van der Waals surface area contributed by atoms with Gasteiger partial charge in [-0.05, 0) is 37.5 Å². The molecule has 1 aromatic rings. The molecule has 0 radical (unpaired) electrons. The summed E-state index contributed by atoms with van der Waals surface area (Å²) in [6, 6.07) is 1.96. The van der Waals surface area contributed by atoms with E-state index in [1.54, 1.807) is 13.1 Å². The molecule has 1 atom stereocenters. The largest absolute Gasteiger partial charge is 0.393 e. The third-order valence-electron chi connectivity index (χ3n) is 1.66. The smallest absolute Gasteiger partial charge is 0.0553 e.